The van der Waals surface area contributed by atoms with Gasteiger partial charge in [-0.2, -0.15) is 13.2 Å². The standard InChI is InChI=1S/C14H18F3NO2/c1-19-12-6-10(18)7-13(8-12)20-11-4-2-9(3-5-11)14(15,16)17/h6-9,11H,2-5,18H2,1H3. The Bertz CT molecular complexity index is 454. The number of halogens is 3. The Hall–Kier alpha value is -1.59. The van der Waals surface area contributed by atoms with E-state index in [-0.39, 0.29) is 18.9 Å². The molecule has 0 spiro atoms. The smallest absolute Gasteiger partial charge is 0.391 e. The molecule has 112 valence electrons. The minimum absolute atomic E-state index is 0.119. The molecule has 0 aromatic heterocycles. The van der Waals surface area contributed by atoms with E-state index in [1.165, 1.54) is 7.11 Å². The van der Waals surface area contributed by atoms with Crippen LogP contribution in [0.4, 0.5) is 18.9 Å². The molecule has 0 saturated heterocycles. The number of hydrogen-bond donors (Lipinski definition) is 1. The molecule has 1 aromatic rings. The molecule has 1 saturated carbocycles. The average Bonchev–Trinajstić information content (AvgIpc) is 2.37. The number of anilines is 1. The van der Waals surface area contributed by atoms with Crippen molar-refractivity contribution in [1.29, 1.82) is 0 Å². The number of nitrogens with two attached hydrogens (primary N) is 1. The predicted octanol–water partition coefficient (Wildman–Crippen LogP) is 3.78. The fourth-order valence-corrected chi connectivity index (χ4v) is 2.48. The van der Waals surface area contributed by atoms with E-state index in [4.69, 9.17) is 15.2 Å². The van der Waals surface area contributed by atoms with E-state index < -0.39 is 12.1 Å². The van der Waals surface area contributed by atoms with Crippen LogP contribution in [0.5, 0.6) is 11.5 Å². The maximum absolute atomic E-state index is 12.6. The average molecular weight is 289 g/mol. The summed E-state index contributed by atoms with van der Waals surface area (Å²) in [5, 5.41) is 0. The second-order valence-electron chi connectivity index (χ2n) is 5.07. The van der Waals surface area contributed by atoms with Crippen LogP contribution in [0, 0.1) is 5.92 Å². The van der Waals surface area contributed by atoms with Gasteiger partial charge in [0.25, 0.3) is 0 Å². The van der Waals surface area contributed by atoms with Gasteiger partial charge in [0.05, 0.1) is 19.1 Å². The first kappa shape index (κ1) is 14.8. The molecule has 0 unspecified atom stereocenters. The highest BCUT2D eigenvalue weighted by Gasteiger charge is 2.41. The Balaban J connectivity index is 1.94. The van der Waals surface area contributed by atoms with E-state index in [9.17, 15) is 13.2 Å². The highest BCUT2D eigenvalue weighted by Crippen LogP contribution is 2.38. The van der Waals surface area contributed by atoms with Crippen LogP contribution in [-0.2, 0) is 0 Å². The van der Waals surface area contributed by atoms with Gasteiger partial charge in [-0.15, -0.1) is 0 Å². The molecule has 20 heavy (non-hydrogen) atoms. The minimum Gasteiger partial charge on any atom is -0.497 e. The van der Waals surface area contributed by atoms with Gasteiger partial charge < -0.3 is 15.2 Å². The van der Waals surface area contributed by atoms with Crippen LogP contribution >= 0.6 is 0 Å². The number of nitrogen functional groups attached to an aromatic ring is 1. The first-order valence-electron chi connectivity index (χ1n) is 6.56. The fraction of sp³-hybridized carbons (Fsp3) is 0.571. The number of hydrogen-bond acceptors (Lipinski definition) is 3. The second kappa shape index (κ2) is 5.81. The van der Waals surface area contributed by atoms with Crippen molar-refractivity contribution in [3.05, 3.63) is 18.2 Å². The Labute approximate surface area is 115 Å². The van der Waals surface area contributed by atoms with Crippen molar-refractivity contribution in [2.24, 2.45) is 5.92 Å². The number of ether oxygens (including phenoxy) is 2. The zero-order valence-corrected chi connectivity index (χ0v) is 11.2. The number of methoxy groups -OCH3 is 1. The molecule has 1 aliphatic rings. The predicted molar refractivity (Wildman–Crippen MR) is 69.8 cm³/mol. The lowest BCUT2D eigenvalue weighted by Crippen LogP contribution is -2.31. The largest absolute Gasteiger partial charge is 0.497 e. The van der Waals surface area contributed by atoms with E-state index in [0.29, 0.717) is 30.0 Å². The second-order valence-corrected chi connectivity index (χ2v) is 5.07. The maximum atomic E-state index is 12.6. The molecule has 6 heteroatoms. The Kier molecular flexibility index (Phi) is 4.30. The molecule has 0 atom stereocenters. The zero-order valence-electron chi connectivity index (χ0n) is 11.2. The zero-order chi connectivity index (χ0) is 14.8. The third-order valence-corrected chi connectivity index (χ3v) is 3.58. The van der Waals surface area contributed by atoms with Gasteiger partial charge >= 0.3 is 6.18 Å². The maximum Gasteiger partial charge on any atom is 0.391 e. The SMILES string of the molecule is COc1cc(N)cc(OC2CCC(C(F)(F)F)CC2)c1. The summed E-state index contributed by atoms with van der Waals surface area (Å²) in [6, 6.07) is 5.00. The molecule has 1 aromatic carbocycles. The summed E-state index contributed by atoms with van der Waals surface area (Å²) in [4.78, 5) is 0. The summed E-state index contributed by atoms with van der Waals surface area (Å²) in [5.41, 5.74) is 6.21. The Morgan fingerprint density at radius 3 is 2.20 bits per heavy atom. The van der Waals surface area contributed by atoms with Gasteiger partial charge in [-0.1, -0.05) is 0 Å². The highest BCUT2D eigenvalue weighted by molar-refractivity contribution is 5.50. The van der Waals surface area contributed by atoms with Crippen LogP contribution in [0.1, 0.15) is 25.7 Å². The first-order chi connectivity index (χ1) is 9.38. The summed E-state index contributed by atoms with van der Waals surface area (Å²) >= 11 is 0. The quantitative estimate of drug-likeness (QED) is 0.861. The monoisotopic (exact) mass is 289 g/mol. The van der Waals surface area contributed by atoms with Crippen LogP contribution in [0.2, 0.25) is 0 Å². The molecule has 1 aliphatic carbocycles. The van der Waals surface area contributed by atoms with Crippen molar-refractivity contribution < 1.29 is 22.6 Å². The van der Waals surface area contributed by atoms with Gasteiger partial charge in [-0.25, -0.2) is 0 Å². The van der Waals surface area contributed by atoms with E-state index in [2.05, 4.69) is 0 Å². The third kappa shape index (κ3) is 3.71. The summed E-state index contributed by atoms with van der Waals surface area (Å²) in [5.74, 6) is -0.0842. The van der Waals surface area contributed by atoms with Gasteiger partial charge in [0.1, 0.15) is 11.5 Å². The summed E-state index contributed by atoms with van der Waals surface area (Å²) in [6.07, 6.45) is -3.24. The molecule has 0 heterocycles. The number of alkyl halides is 3. The van der Waals surface area contributed by atoms with Crippen LogP contribution in [-0.4, -0.2) is 19.4 Å². The lowest BCUT2D eigenvalue weighted by Gasteiger charge is -2.30. The highest BCUT2D eigenvalue weighted by atomic mass is 19.4. The van der Waals surface area contributed by atoms with Crippen LogP contribution < -0.4 is 15.2 Å². The molecule has 1 fully saturated rings. The van der Waals surface area contributed by atoms with Gasteiger partial charge in [-0.3, -0.25) is 0 Å². The number of benzene rings is 1. The lowest BCUT2D eigenvalue weighted by atomic mass is 9.87. The molecule has 0 amide bonds. The van der Waals surface area contributed by atoms with Crippen molar-refractivity contribution >= 4 is 5.69 Å². The van der Waals surface area contributed by atoms with Crippen LogP contribution in [0.25, 0.3) is 0 Å². The molecular weight excluding hydrogens is 271 g/mol. The third-order valence-electron chi connectivity index (χ3n) is 3.58. The Morgan fingerprint density at radius 1 is 1.05 bits per heavy atom. The van der Waals surface area contributed by atoms with Gasteiger partial charge in [0.15, 0.2) is 0 Å². The van der Waals surface area contributed by atoms with Gasteiger partial charge in [0, 0.05) is 23.9 Å². The van der Waals surface area contributed by atoms with Crippen molar-refractivity contribution in [2.75, 3.05) is 12.8 Å². The Morgan fingerprint density at radius 2 is 1.65 bits per heavy atom. The molecule has 3 nitrogen and oxygen atoms in total. The molecule has 2 rings (SSSR count). The van der Waals surface area contributed by atoms with E-state index in [1.54, 1.807) is 18.2 Å². The number of rotatable bonds is 3. The van der Waals surface area contributed by atoms with Crippen molar-refractivity contribution in [3.63, 3.8) is 0 Å². The summed E-state index contributed by atoms with van der Waals surface area (Å²) in [7, 11) is 1.52. The molecule has 0 bridgehead atoms. The van der Waals surface area contributed by atoms with Crippen molar-refractivity contribution in [2.45, 2.75) is 38.0 Å². The lowest BCUT2D eigenvalue weighted by molar-refractivity contribution is -0.185. The van der Waals surface area contributed by atoms with Crippen LogP contribution in [0.15, 0.2) is 18.2 Å². The van der Waals surface area contributed by atoms with Gasteiger partial charge in [0.2, 0.25) is 0 Å². The normalized spacial score (nSPS) is 23.4. The minimum atomic E-state index is -4.09. The topological polar surface area (TPSA) is 44.5 Å². The van der Waals surface area contributed by atoms with Crippen molar-refractivity contribution in [1.82, 2.24) is 0 Å². The van der Waals surface area contributed by atoms with E-state index in [0.717, 1.165) is 0 Å². The first-order valence-corrected chi connectivity index (χ1v) is 6.56. The summed E-state index contributed by atoms with van der Waals surface area (Å²) in [6.45, 7) is 0. The van der Waals surface area contributed by atoms with E-state index >= 15 is 0 Å². The van der Waals surface area contributed by atoms with E-state index in [1.807, 2.05) is 0 Å². The molecular formula is C14H18F3NO2. The van der Waals surface area contributed by atoms with Crippen LogP contribution in [0.3, 0.4) is 0 Å². The fourth-order valence-electron chi connectivity index (χ4n) is 2.48. The molecule has 0 aliphatic heterocycles. The molecule has 0 radical (unpaired) electrons. The van der Waals surface area contributed by atoms with Crippen molar-refractivity contribution in [3.8, 4) is 11.5 Å². The summed E-state index contributed by atoms with van der Waals surface area (Å²) < 4.78 is 48.5. The van der Waals surface area contributed by atoms with Gasteiger partial charge in [-0.05, 0) is 25.7 Å². The molecule has 2 N–H and O–H groups in total.